The molecule has 0 fully saturated rings. The van der Waals surface area contributed by atoms with Crippen molar-refractivity contribution >= 4 is 12.6 Å². The zero-order valence-corrected chi connectivity index (χ0v) is 9.21. The summed E-state index contributed by atoms with van der Waals surface area (Å²) in [6, 6.07) is 2.32. The molecule has 0 saturated heterocycles. The largest absolute Gasteiger partial charge is 0.494 e. The molecule has 0 spiro atoms. The molecule has 0 heterocycles. The van der Waals surface area contributed by atoms with Crippen LogP contribution in [0.15, 0.2) is 12.1 Å². The molecule has 0 radical (unpaired) electrons. The van der Waals surface area contributed by atoms with Gasteiger partial charge in [-0.25, -0.2) is 8.78 Å². The molecule has 5 heteroatoms. The van der Waals surface area contributed by atoms with Crippen LogP contribution in [0, 0.1) is 11.6 Å². The first-order chi connectivity index (χ1) is 7.56. The maximum absolute atomic E-state index is 13.3. The van der Waals surface area contributed by atoms with Gasteiger partial charge in [-0.3, -0.25) is 0 Å². The van der Waals surface area contributed by atoms with Gasteiger partial charge < -0.3 is 10.0 Å². The molecule has 1 rings (SSSR count). The number of aryl methyl sites for hydroxylation is 1. The topological polar surface area (TPSA) is 40.5 Å². The summed E-state index contributed by atoms with van der Waals surface area (Å²) in [5, 5.41) is 17.5. The van der Waals surface area contributed by atoms with Crippen LogP contribution in [0.2, 0.25) is 0 Å². The van der Waals surface area contributed by atoms with E-state index in [0.29, 0.717) is 12.0 Å². The Morgan fingerprint density at radius 1 is 1.12 bits per heavy atom. The monoisotopic (exact) mass is 228 g/mol. The van der Waals surface area contributed by atoms with Crippen LogP contribution in [0.25, 0.3) is 0 Å². The Labute approximate surface area is 94.1 Å². The summed E-state index contributed by atoms with van der Waals surface area (Å²) in [6.07, 6.45) is 3.52. The maximum Gasteiger partial charge on any atom is 0.494 e. The van der Waals surface area contributed by atoms with Gasteiger partial charge in [0.1, 0.15) is 11.6 Å². The lowest BCUT2D eigenvalue weighted by molar-refractivity contribution is 0.419. The minimum absolute atomic E-state index is 0.549. The average Bonchev–Trinajstić information content (AvgIpc) is 2.16. The fourth-order valence-corrected chi connectivity index (χ4v) is 1.61. The van der Waals surface area contributed by atoms with Crippen LogP contribution in [0.1, 0.15) is 31.7 Å². The van der Waals surface area contributed by atoms with Gasteiger partial charge in [-0.2, -0.15) is 0 Å². The Morgan fingerprint density at radius 2 is 1.69 bits per heavy atom. The Morgan fingerprint density at radius 3 is 2.12 bits per heavy atom. The second-order valence-electron chi connectivity index (χ2n) is 3.80. The number of halogens is 2. The van der Waals surface area contributed by atoms with Gasteiger partial charge in [0.05, 0.1) is 5.46 Å². The van der Waals surface area contributed by atoms with Crippen molar-refractivity contribution in [2.24, 2.45) is 0 Å². The van der Waals surface area contributed by atoms with Crippen LogP contribution in [0.4, 0.5) is 8.78 Å². The SMILES string of the molecule is CCCCCc1cc(F)c(B(O)O)c(F)c1. The summed E-state index contributed by atoms with van der Waals surface area (Å²) in [5.41, 5.74) is -0.132. The van der Waals surface area contributed by atoms with Crippen molar-refractivity contribution in [2.45, 2.75) is 32.6 Å². The second-order valence-corrected chi connectivity index (χ2v) is 3.80. The third-order valence-electron chi connectivity index (χ3n) is 2.47. The summed E-state index contributed by atoms with van der Waals surface area (Å²) >= 11 is 0. The molecular weight excluding hydrogens is 213 g/mol. The first-order valence-electron chi connectivity index (χ1n) is 5.40. The lowest BCUT2D eigenvalue weighted by Crippen LogP contribution is -2.35. The second kappa shape index (κ2) is 5.96. The van der Waals surface area contributed by atoms with E-state index in [9.17, 15) is 8.78 Å². The minimum Gasteiger partial charge on any atom is -0.423 e. The van der Waals surface area contributed by atoms with Gasteiger partial charge in [0.25, 0.3) is 0 Å². The molecule has 0 aliphatic rings. The van der Waals surface area contributed by atoms with Gasteiger partial charge in [0.2, 0.25) is 0 Å². The van der Waals surface area contributed by atoms with Gasteiger partial charge in [0.15, 0.2) is 0 Å². The Hall–Kier alpha value is -0.935. The van der Waals surface area contributed by atoms with Crippen molar-refractivity contribution in [2.75, 3.05) is 0 Å². The van der Waals surface area contributed by atoms with Crippen molar-refractivity contribution in [3.63, 3.8) is 0 Å². The molecular formula is C11H15BF2O2. The summed E-state index contributed by atoms with van der Waals surface area (Å²) in [4.78, 5) is 0. The van der Waals surface area contributed by atoms with Crippen molar-refractivity contribution < 1.29 is 18.8 Å². The van der Waals surface area contributed by atoms with Gasteiger partial charge in [0, 0.05) is 0 Å². The highest BCUT2D eigenvalue weighted by atomic mass is 19.1. The fourth-order valence-electron chi connectivity index (χ4n) is 1.61. The molecule has 0 bridgehead atoms. The van der Waals surface area contributed by atoms with Crippen molar-refractivity contribution in [1.29, 1.82) is 0 Å². The molecule has 88 valence electrons. The molecule has 1 aromatic rings. The zero-order valence-electron chi connectivity index (χ0n) is 9.21. The molecule has 16 heavy (non-hydrogen) atoms. The standard InChI is InChI=1S/C11H15BF2O2/c1-2-3-4-5-8-6-9(13)11(12(15)16)10(14)7-8/h6-7,15-16H,2-5H2,1H3. The van der Waals surface area contributed by atoms with Crippen LogP contribution in [0.5, 0.6) is 0 Å². The molecule has 0 aliphatic heterocycles. The number of hydrogen-bond acceptors (Lipinski definition) is 2. The maximum atomic E-state index is 13.3. The summed E-state index contributed by atoms with van der Waals surface area (Å²) < 4.78 is 26.6. The van der Waals surface area contributed by atoms with Crippen LogP contribution >= 0.6 is 0 Å². The van der Waals surface area contributed by atoms with E-state index < -0.39 is 24.2 Å². The molecule has 0 saturated carbocycles. The number of rotatable bonds is 5. The first-order valence-corrected chi connectivity index (χ1v) is 5.40. The van der Waals surface area contributed by atoms with E-state index in [-0.39, 0.29) is 0 Å². The van der Waals surface area contributed by atoms with E-state index in [2.05, 4.69) is 0 Å². The van der Waals surface area contributed by atoms with Gasteiger partial charge in [-0.15, -0.1) is 0 Å². The van der Waals surface area contributed by atoms with Crippen molar-refractivity contribution in [3.05, 3.63) is 29.3 Å². The summed E-state index contributed by atoms with van der Waals surface area (Å²) in [7, 11) is -2.11. The van der Waals surface area contributed by atoms with E-state index >= 15 is 0 Å². The molecule has 1 aromatic carbocycles. The molecule has 0 amide bonds. The predicted molar refractivity (Wildman–Crippen MR) is 59.4 cm³/mol. The van der Waals surface area contributed by atoms with E-state index in [1.54, 1.807) is 0 Å². The molecule has 2 N–H and O–H groups in total. The summed E-state index contributed by atoms with van der Waals surface area (Å²) in [5.74, 6) is -1.80. The lowest BCUT2D eigenvalue weighted by Gasteiger charge is -2.07. The van der Waals surface area contributed by atoms with Crippen LogP contribution < -0.4 is 5.46 Å². The van der Waals surface area contributed by atoms with E-state index in [0.717, 1.165) is 31.4 Å². The number of unbranched alkanes of at least 4 members (excludes halogenated alkanes) is 2. The van der Waals surface area contributed by atoms with E-state index in [1.165, 1.54) is 0 Å². The zero-order chi connectivity index (χ0) is 12.1. The van der Waals surface area contributed by atoms with Crippen LogP contribution in [-0.2, 0) is 6.42 Å². The molecule has 0 aliphatic carbocycles. The highest BCUT2D eigenvalue weighted by Crippen LogP contribution is 2.10. The number of benzene rings is 1. The minimum atomic E-state index is -2.11. The fraction of sp³-hybridized carbons (Fsp3) is 0.455. The Bertz CT molecular complexity index is 333. The van der Waals surface area contributed by atoms with Gasteiger partial charge in [-0.05, 0) is 30.5 Å². The Kier molecular flexibility index (Phi) is 4.89. The normalized spacial score (nSPS) is 10.6. The highest BCUT2D eigenvalue weighted by molar-refractivity contribution is 6.58. The Balaban J connectivity index is 2.83. The van der Waals surface area contributed by atoms with Crippen LogP contribution in [-0.4, -0.2) is 17.2 Å². The third-order valence-corrected chi connectivity index (χ3v) is 2.47. The van der Waals surface area contributed by atoms with Gasteiger partial charge >= 0.3 is 7.12 Å². The van der Waals surface area contributed by atoms with E-state index in [1.807, 2.05) is 6.92 Å². The lowest BCUT2D eigenvalue weighted by atomic mass is 9.78. The third kappa shape index (κ3) is 3.28. The average molecular weight is 228 g/mol. The molecule has 0 atom stereocenters. The summed E-state index contributed by atoms with van der Waals surface area (Å²) in [6.45, 7) is 2.05. The van der Waals surface area contributed by atoms with Gasteiger partial charge in [-0.1, -0.05) is 19.8 Å². The smallest absolute Gasteiger partial charge is 0.423 e. The quantitative estimate of drug-likeness (QED) is 0.590. The highest BCUT2D eigenvalue weighted by Gasteiger charge is 2.22. The molecule has 0 aromatic heterocycles. The van der Waals surface area contributed by atoms with E-state index in [4.69, 9.17) is 10.0 Å². The molecule has 0 unspecified atom stereocenters. The number of hydrogen-bond donors (Lipinski definition) is 2. The first kappa shape index (κ1) is 13.1. The van der Waals surface area contributed by atoms with Crippen molar-refractivity contribution in [1.82, 2.24) is 0 Å². The molecule has 2 nitrogen and oxygen atoms in total. The van der Waals surface area contributed by atoms with Crippen molar-refractivity contribution in [3.8, 4) is 0 Å². The predicted octanol–water partition coefficient (Wildman–Crippen LogP) is 1.38. The van der Waals surface area contributed by atoms with Crippen LogP contribution in [0.3, 0.4) is 0 Å².